The summed E-state index contributed by atoms with van der Waals surface area (Å²) in [6.45, 7) is 8.77. The monoisotopic (exact) mass is 529 g/mol. The predicted molar refractivity (Wildman–Crippen MR) is 145 cm³/mol. The van der Waals surface area contributed by atoms with Gasteiger partial charge in [0.05, 0.1) is 17.6 Å². The number of benzene rings is 2. The van der Waals surface area contributed by atoms with Crippen LogP contribution in [0.25, 0.3) is 0 Å². The zero-order valence-electron chi connectivity index (χ0n) is 22.9. The Balaban J connectivity index is 1.88. The first-order valence-electron chi connectivity index (χ1n) is 13.0. The van der Waals surface area contributed by atoms with Crippen LogP contribution >= 0.6 is 0 Å². The lowest BCUT2D eigenvalue weighted by molar-refractivity contribution is 0.0687. The molecule has 0 amide bonds. The molecule has 7 N–H and O–H groups in total. The van der Waals surface area contributed by atoms with Gasteiger partial charge in [-0.2, -0.15) is 0 Å². The van der Waals surface area contributed by atoms with Crippen molar-refractivity contribution in [2.45, 2.75) is 96.9 Å². The summed E-state index contributed by atoms with van der Waals surface area (Å²) in [7, 11) is 0. The van der Waals surface area contributed by atoms with Crippen molar-refractivity contribution in [2.24, 2.45) is 0 Å². The number of Topliss-reactive ketones (excluding diaryl/α,β-unsaturated/α-hetero) is 1. The summed E-state index contributed by atoms with van der Waals surface area (Å²) < 4.78 is 6.08. The second-order valence-corrected chi connectivity index (χ2v) is 11.6. The van der Waals surface area contributed by atoms with Crippen LogP contribution in [0, 0.1) is 0 Å². The van der Waals surface area contributed by atoms with Gasteiger partial charge in [0.1, 0.15) is 28.9 Å². The Morgan fingerprint density at radius 3 is 2.34 bits per heavy atom. The number of allylic oxidation sites excluding steroid dienone is 2. The summed E-state index contributed by atoms with van der Waals surface area (Å²) in [4.78, 5) is 13.2. The maximum atomic E-state index is 13.2. The number of aliphatic hydroxyl groups is 2. The molecule has 3 rings (SSSR count). The first-order chi connectivity index (χ1) is 17.6. The highest BCUT2D eigenvalue weighted by Gasteiger charge is 2.35. The largest absolute Gasteiger partial charge is 0.591 e. The average molecular weight is 530 g/mol. The van der Waals surface area contributed by atoms with Crippen molar-refractivity contribution in [3.8, 4) is 28.7 Å². The van der Waals surface area contributed by atoms with Crippen LogP contribution in [0.5, 0.6) is 28.7 Å². The van der Waals surface area contributed by atoms with Gasteiger partial charge in [-0.05, 0) is 79.2 Å². The average Bonchev–Trinajstić information content (AvgIpc) is 2.77. The third-order valence-electron chi connectivity index (χ3n) is 6.93. The number of carbonyl (C=O) groups is 1. The van der Waals surface area contributed by atoms with E-state index in [0.29, 0.717) is 24.0 Å². The molecule has 0 spiro atoms. The van der Waals surface area contributed by atoms with Crippen molar-refractivity contribution in [2.75, 3.05) is 0 Å². The van der Waals surface area contributed by atoms with E-state index in [9.17, 15) is 30.3 Å². The minimum absolute atomic E-state index is 0.00442. The number of phenolic OH excluding ortho intramolecular Hbond substituents is 3. The minimum atomic E-state index is -1.01. The first-order valence-corrected chi connectivity index (χ1v) is 13.0. The Kier molecular flexibility index (Phi) is 8.68. The fourth-order valence-electron chi connectivity index (χ4n) is 4.70. The topological polar surface area (TPSA) is 150 Å². The van der Waals surface area contributed by atoms with E-state index in [1.807, 2.05) is 13.0 Å². The molecule has 208 valence electrons. The normalized spacial score (nSPS) is 16.3. The zero-order valence-corrected chi connectivity index (χ0v) is 22.9. The van der Waals surface area contributed by atoms with Gasteiger partial charge >= 0.3 is 0 Å². The van der Waals surface area contributed by atoms with Crippen LogP contribution in [0.2, 0.25) is 0 Å². The quantitative estimate of drug-likeness (QED) is 0.213. The molecule has 2 aromatic rings. The van der Waals surface area contributed by atoms with Gasteiger partial charge in [-0.1, -0.05) is 11.6 Å². The first kappa shape index (κ1) is 29.3. The SMILES string of the molecule is C/C(=C\Cc1c([C@@H]2CC(=O)c3c(cc(O)c(CCC(C)(C)O)c3O)O2)ccc([OH2+])c1O)CCCC(C)(C)O. The van der Waals surface area contributed by atoms with Gasteiger partial charge < -0.3 is 35.4 Å². The van der Waals surface area contributed by atoms with Gasteiger partial charge in [0.15, 0.2) is 5.78 Å². The van der Waals surface area contributed by atoms with Gasteiger partial charge in [0.25, 0.3) is 5.75 Å². The lowest BCUT2D eigenvalue weighted by atomic mass is 9.89. The second-order valence-electron chi connectivity index (χ2n) is 11.6. The van der Waals surface area contributed by atoms with E-state index in [1.54, 1.807) is 33.8 Å². The van der Waals surface area contributed by atoms with E-state index in [0.717, 1.165) is 18.4 Å². The molecule has 0 aromatic heterocycles. The smallest absolute Gasteiger partial charge is 0.296 e. The van der Waals surface area contributed by atoms with Crippen LogP contribution in [-0.2, 0) is 12.8 Å². The van der Waals surface area contributed by atoms with Crippen LogP contribution < -0.4 is 4.74 Å². The summed E-state index contributed by atoms with van der Waals surface area (Å²) in [6, 6.07) is 4.42. The van der Waals surface area contributed by atoms with Crippen LogP contribution in [0.1, 0.15) is 99.9 Å². The molecular formula is C30H41O8+. The van der Waals surface area contributed by atoms with Gasteiger partial charge in [-0.25, -0.2) is 0 Å². The molecule has 8 heteroatoms. The van der Waals surface area contributed by atoms with Crippen molar-refractivity contribution in [1.29, 1.82) is 0 Å². The summed E-state index contributed by atoms with van der Waals surface area (Å²) in [6.07, 6.45) is 4.13. The molecule has 0 fully saturated rings. The Bertz CT molecular complexity index is 1210. The fraction of sp³-hybridized carbons (Fsp3) is 0.500. The molecule has 1 atom stereocenters. The highest BCUT2D eigenvalue weighted by Crippen LogP contribution is 2.47. The Labute approximate surface area is 223 Å². The fourth-order valence-corrected chi connectivity index (χ4v) is 4.70. The van der Waals surface area contributed by atoms with Crippen molar-refractivity contribution in [1.82, 2.24) is 0 Å². The number of rotatable bonds is 10. The maximum absolute atomic E-state index is 13.2. The number of hydrogen-bond acceptors (Lipinski definition) is 7. The van der Waals surface area contributed by atoms with Crippen LogP contribution in [-0.4, -0.2) is 47.6 Å². The third kappa shape index (κ3) is 7.20. The second kappa shape index (κ2) is 11.3. The lowest BCUT2D eigenvalue weighted by Crippen LogP contribution is -2.22. The lowest BCUT2D eigenvalue weighted by Gasteiger charge is -2.28. The van der Waals surface area contributed by atoms with Crippen molar-refractivity contribution in [3.05, 3.63) is 52.1 Å². The highest BCUT2D eigenvalue weighted by molar-refractivity contribution is 6.03. The molecule has 1 aliphatic rings. The van der Waals surface area contributed by atoms with E-state index in [-0.39, 0.29) is 64.9 Å². The molecule has 1 heterocycles. The number of fused-ring (bicyclic) bond motifs is 1. The van der Waals surface area contributed by atoms with E-state index >= 15 is 0 Å². The van der Waals surface area contributed by atoms with Gasteiger partial charge in [0, 0.05) is 28.8 Å². The van der Waals surface area contributed by atoms with Crippen molar-refractivity contribution >= 4 is 5.78 Å². The molecule has 0 radical (unpaired) electrons. The Morgan fingerprint density at radius 2 is 1.71 bits per heavy atom. The standard InChI is InChI=1S/C30H40O8/c1-17(7-6-13-29(2,3)36)8-9-19-18(10-11-21(31)27(19)34)24-16-23(33)26-25(38-24)15-22(32)20(28(26)35)12-14-30(4,5)37/h8,10-11,15,24,31-32,34-37H,6-7,9,12-14,16H2,1-5H3/p+1/b17-8+/t24-/m0/s1. The van der Waals surface area contributed by atoms with Crippen molar-refractivity contribution in [3.63, 3.8) is 0 Å². The van der Waals surface area contributed by atoms with Crippen LogP contribution in [0.4, 0.5) is 0 Å². The third-order valence-corrected chi connectivity index (χ3v) is 6.93. The molecule has 0 aliphatic carbocycles. The molecule has 2 aromatic carbocycles. The maximum Gasteiger partial charge on any atom is 0.296 e. The molecule has 38 heavy (non-hydrogen) atoms. The number of aromatic hydroxyl groups is 3. The number of ether oxygens (including phenoxy) is 1. The number of ketones is 1. The number of carbonyl (C=O) groups excluding carboxylic acids is 1. The zero-order chi connectivity index (χ0) is 28.4. The molecule has 8 nitrogen and oxygen atoms in total. The molecule has 1 aliphatic heterocycles. The Morgan fingerprint density at radius 1 is 1.05 bits per heavy atom. The van der Waals surface area contributed by atoms with E-state index in [2.05, 4.69) is 0 Å². The predicted octanol–water partition coefficient (Wildman–Crippen LogP) is 5.08. The van der Waals surface area contributed by atoms with Crippen LogP contribution in [0.15, 0.2) is 29.8 Å². The van der Waals surface area contributed by atoms with E-state index in [1.165, 1.54) is 12.1 Å². The minimum Gasteiger partial charge on any atom is -0.591 e. The van der Waals surface area contributed by atoms with Gasteiger partial charge in [-0.3, -0.25) is 4.79 Å². The molecule has 0 unspecified atom stereocenters. The van der Waals surface area contributed by atoms with Gasteiger partial charge in [0.2, 0.25) is 5.75 Å². The van der Waals surface area contributed by atoms with Crippen molar-refractivity contribution < 1.29 is 40.2 Å². The van der Waals surface area contributed by atoms with Crippen LogP contribution in [0.3, 0.4) is 0 Å². The highest BCUT2D eigenvalue weighted by atomic mass is 16.5. The molecule has 0 saturated heterocycles. The van der Waals surface area contributed by atoms with E-state index in [4.69, 9.17) is 9.84 Å². The number of phenols is 3. The summed E-state index contributed by atoms with van der Waals surface area (Å²) in [5.41, 5.74) is 0.559. The summed E-state index contributed by atoms with van der Waals surface area (Å²) >= 11 is 0. The summed E-state index contributed by atoms with van der Waals surface area (Å²) in [5, 5.41) is 60.1. The number of hydrogen-bond donors (Lipinski definition) is 5. The van der Waals surface area contributed by atoms with Gasteiger partial charge in [-0.15, -0.1) is 0 Å². The summed E-state index contributed by atoms with van der Waals surface area (Å²) in [5.74, 6) is -1.11. The van der Waals surface area contributed by atoms with E-state index < -0.39 is 17.3 Å². The molecular weight excluding hydrogens is 488 g/mol. The Hall–Kier alpha value is -3.23. The molecule has 0 bridgehead atoms. The molecule has 0 saturated carbocycles.